The molecule has 0 aliphatic carbocycles. The van der Waals surface area contributed by atoms with E-state index in [1.807, 2.05) is 0 Å². The van der Waals surface area contributed by atoms with Crippen molar-refractivity contribution in [2.75, 3.05) is 46.2 Å². The van der Waals surface area contributed by atoms with E-state index in [0.29, 0.717) is 0 Å². The van der Waals surface area contributed by atoms with Gasteiger partial charge in [0.05, 0.1) is 46.2 Å². The van der Waals surface area contributed by atoms with E-state index in [9.17, 15) is 117 Å². The second-order valence-electron chi connectivity index (χ2n) is 23.8. The first-order valence-corrected chi connectivity index (χ1v) is 30.0. The molecule has 23 N–H and O–H groups in total. The molecule has 0 amide bonds. The zero-order chi connectivity index (χ0) is 67.2. The molecule has 40 heteroatoms. The topological polar surface area (TPSA) is 617 Å². The lowest BCUT2D eigenvalue weighted by Gasteiger charge is -2.50. The van der Waals surface area contributed by atoms with Gasteiger partial charge in [0.2, 0.25) is 0 Å². The summed E-state index contributed by atoms with van der Waals surface area (Å²) in [5, 5.41) is 258. The van der Waals surface area contributed by atoms with Crippen molar-refractivity contribution >= 4 is 0 Å². The van der Waals surface area contributed by atoms with Crippen LogP contribution < -0.4 is 4.57 Å². The minimum absolute atomic E-state index is 0.274. The molecule has 534 valence electrons. The molecule has 40 atom stereocenters. The monoisotopic (exact) mass is 1360 g/mol. The van der Waals surface area contributed by atoms with Crippen molar-refractivity contribution in [1.29, 1.82) is 0 Å². The Bertz CT molecular complexity index is 2440. The summed E-state index contributed by atoms with van der Waals surface area (Å²) in [6.45, 7) is -7.74. The smallest absolute Gasteiger partial charge is 0.187 e. The number of nitrogens with zero attached hydrogens (tertiary/aromatic N) is 1. The summed E-state index contributed by atoms with van der Waals surface area (Å²) in [7, 11) is 0. The first-order chi connectivity index (χ1) is 44.4. The fraction of sp³-hybridized carbons (Fsp3) is 0.906. The van der Waals surface area contributed by atoms with Crippen molar-refractivity contribution in [3.63, 3.8) is 0 Å². The summed E-state index contributed by atoms with van der Waals surface area (Å²) >= 11 is 0. The van der Waals surface area contributed by atoms with Gasteiger partial charge in [0.15, 0.2) is 69.3 Å². The lowest BCUT2D eigenvalue weighted by atomic mass is 9.94. The van der Waals surface area contributed by atoms with Gasteiger partial charge in [0, 0.05) is 12.1 Å². The Balaban J connectivity index is 0.927. The van der Waals surface area contributed by atoms with Crippen LogP contribution in [-0.2, 0) is 82.3 Å². The molecule has 0 spiro atoms. The Morgan fingerprint density at radius 1 is 0.194 bits per heavy atom. The van der Waals surface area contributed by atoms with Crippen LogP contribution in [0.3, 0.4) is 0 Å². The number of rotatable bonds is 9. The number of hydrogen-bond acceptors (Lipinski definition) is 39. The van der Waals surface area contributed by atoms with Crippen LogP contribution in [0.1, 0.15) is 0 Å². The third-order valence-electron chi connectivity index (χ3n) is 17.9. The zero-order valence-electron chi connectivity index (χ0n) is 48.9. The first-order valence-electron chi connectivity index (χ1n) is 30.0. The van der Waals surface area contributed by atoms with Gasteiger partial charge in [0.25, 0.3) is 0 Å². The molecule has 40 nitrogen and oxygen atoms in total. The molecule has 1 aromatic rings. The number of pyridine rings is 1. The van der Waals surface area contributed by atoms with Crippen LogP contribution in [-0.4, -0.2) is 409 Å². The van der Waals surface area contributed by atoms with Crippen molar-refractivity contribution in [2.24, 2.45) is 0 Å². The van der Waals surface area contributed by atoms with Crippen molar-refractivity contribution in [2.45, 2.75) is 252 Å². The SMILES string of the molecule is OC[C@@H]1O[C@@H]2O[C@H]3[C@H](O)[C@@H](O)[C@@H](O[C@H]4[C@H](O)[C@@H](O)[C@@H](O[C@H]5[C@H](O)[C@@H](O)[C@@H](O[C@H]6[C@H](O)[C@H](O)[C@@H](O[C@H]7[C@@H](O)[C@@H](O)[C@@H](O[C@H]8[C@H](O)[C@@H](O)[C@@H](O[C@H]9[C@H](O)[C@H](O)[C@@H](O[C@H]1[C@H](O)[C@H]2O)O[C@@H]9CO)O[C@@H]8CO)O[C@@H]7CO)O[C@@H]6CO)O[C@@H]5C[n+]1ccccc1)O[C@H]4CO)O[C@H]3CO. The van der Waals surface area contributed by atoms with E-state index in [0.717, 1.165) is 0 Å². The van der Waals surface area contributed by atoms with Crippen LogP contribution in [0.15, 0.2) is 30.6 Å². The van der Waals surface area contributed by atoms with Crippen molar-refractivity contribution in [3.8, 4) is 0 Å². The molecule has 30 saturated heterocycles. The normalized spacial score (nSPS) is 53.0. The van der Waals surface area contributed by atoms with Crippen LogP contribution in [0.25, 0.3) is 0 Å². The van der Waals surface area contributed by atoms with E-state index < -0.39 is 292 Å². The van der Waals surface area contributed by atoms with Gasteiger partial charge in [-0.1, -0.05) is 6.07 Å². The standard InChI is InChI=1S/C53H84NO39/c55-7-15-39-24(64)32(72)48(80-15)89-41-17(9-57)82-50(34(74)26(41)66)91-43-19(11-59)84-52(36(76)28(43)68)93-45-21(13-61)85-53(37(77)29(45)69)92-44-20(12-60)83-51(35(75)27(44)67)90-42-18(10-58)81-49(33(73)25(42)65)88-40-16(8-56)79-47(31(71)23(40)63)86-38-14(6-54-4-2-1-3-5-54)78-46(87-39)30(70)22(38)62/h1-5,14-53,55-77H,6-13H2/q+1/t14-,15-,16+,17-,18+,19-,20+,21-,22-,23-,24-,25-,26+,27-,28-,29-,30-,31-,32+,33-,34-,35-,36-,37+,38-,39-,40-,41-,42-,43-,44-,45-,46-,47-,48-,49-,50-,51-,52-,53-/m1/s1. The molecular weight excluding hydrogens is 1270 g/mol. The van der Waals surface area contributed by atoms with Crippen molar-refractivity contribution < 1.29 is 198 Å². The third kappa shape index (κ3) is 14.8. The van der Waals surface area contributed by atoms with Crippen LogP contribution >= 0.6 is 0 Å². The highest BCUT2D eigenvalue weighted by molar-refractivity contribution is 5.02. The molecule has 31 rings (SSSR count). The van der Waals surface area contributed by atoms with Crippen molar-refractivity contribution in [3.05, 3.63) is 30.6 Å². The molecule has 0 saturated carbocycles. The summed E-state index contributed by atoms with van der Waals surface area (Å²) in [5.41, 5.74) is 0. The van der Waals surface area contributed by atoms with E-state index in [1.165, 1.54) is 4.57 Å². The highest BCUT2D eigenvalue weighted by atomic mass is 16.8. The second kappa shape index (κ2) is 31.4. The zero-order valence-corrected chi connectivity index (χ0v) is 48.9. The van der Waals surface area contributed by atoms with Crippen LogP contribution in [0, 0.1) is 0 Å². The molecule has 93 heavy (non-hydrogen) atoms. The number of aliphatic hydroxyl groups is 23. The fourth-order valence-corrected chi connectivity index (χ4v) is 12.7. The van der Waals surface area contributed by atoms with Gasteiger partial charge < -0.3 is 193 Å². The molecular formula is C53H84NO39+. The molecule has 30 aliphatic heterocycles. The first kappa shape index (κ1) is 73.3. The largest absolute Gasteiger partial charge is 0.394 e. The second-order valence-corrected chi connectivity index (χ2v) is 23.8. The third-order valence-corrected chi connectivity index (χ3v) is 17.9. The maximum absolute atomic E-state index is 11.8. The van der Waals surface area contributed by atoms with Gasteiger partial charge in [0.1, 0.15) is 195 Å². The summed E-state index contributed by atoms with van der Waals surface area (Å²) < 4.78 is 94.4. The van der Waals surface area contributed by atoms with E-state index in [-0.39, 0.29) is 6.54 Å². The molecule has 0 radical (unpaired) electrons. The maximum atomic E-state index is 11.8. The van der Waals surface area contributed by atoms with Crippen LogP contribution in [0.4, 0.5) is 0 Å². The Morgan fingerprint density at radius 2 is 0.344 bits per heavy atom. The van der Waals surface area contributed by atoms with Gasteiger partial charge in [-0.3, -0.25) is 0 Å². The predicted molar refractivity (Wildman–Crippen MR) is 281 cm³/mol. The predicted octanol–water partition coefficient (Wildman–Crippen LogP) is -16.4. The molecule has 16 bridgehead atoms. The maximum Gasteiger partial charge on any atom is 0.187 e. The summed E-state index contributed by atoms with van der Waals surface area (Å²) in [5.74, 6) is 0. The molecule has 30 aliphatic rings. The Hall–Kier alpha value is -2.41. The van der Waals surface area contributed by atoms with Gasteiger partial charge in [-0.15, -0.1) is 0 Å². The lowest BCUT2D eigenvalue weighted by Crippen LogP contribution is -2.69. The van der Waals surface area contributed by atoms with Gasteiger partial charge in [-0.25, -0.2) is 4.57 Å². The highest BCUT2D eigenvalue weighted by Gasteiger charge is 2.60. The van der Waals surface area contributed by atoms with Crippen molar-refractivity contribution in [1.82, 2.24) is 0 Å². The Morgan fingerprint density at radius 3 is 0.505 bits per heavy atom. The van der Waals surface area contributed by atoms with Gasteiger partial charge in [-0.2, -0.15) is 0 Å². The fourth-order valence-electron chi connectivity index (χ4n) is 12.7. The van der Waals surface area contributed by atoms with E-state index in [1.54, 1.807) is 30.6 Å². The number of aromatic nitrogens is 1. The Labute approximate surface area is 525 Å². The van der Waals surface area contributed by atoms with Crippen LogP contribution in [0.2, 0.25) is 0 Å². The lowest BCUT2D eigenvalue weighted by molar-refractivity contribution is -0.707. The average Bonchev–Trinajstić information content (AvgIpc) is 0.788. The molecule has 31 heterocycles. The quantitative estimate of drug-likeness (QED) is 0.102. The number of aliphatic hydroxyl groups excluding tert-OH is 23. The minimum Gasteiger partial charge on any atom is -0.394 e. The molecule has 1 aromatic heterocycles. The molecule has 0 unspecified atom stereocenters. The Kier molecular flexibility index (Phi) is 24.8. The van der Waals surface area contributed by atoms with E-state index in [2.05, 4.69) is 0 Å². The summed E-state index contributed by atoms with van der Waals surface area (Å²) in [6, 6.07) is 4.86. The van der Waals surface area contributed by atoms with Gasteiger partial charge in [-0.05, 0) is 0 Å². The minimum atomic E-state index is -2.25. The van der Waals surface area contributed by atoms with E-state index in [4.69, 9.17) is 75.8 Å². The summed E-state index contributed by atoms with van der Waals surface area (Å²) in [6.07, 6.45) is -77.8. The highest BCUT2D eigenvalue weighted by Crippen LogP contribution is 2.40. The van der Waals surface area contributed by atoms with Crippen LogP contribution in [0.5, 0.6) is 0 Å². The molecule has 0 aromatic carbocycles. The van der Waals surface area contributed by atoms with E-state index >= 15 is 0 Å². The molecule has 30 fully saturated rings. The van der Waals surface area contributed by atoms with Gasteiger partial charge >= 0.3 is 0 Å². The number of hydrogen-bond donors (Lipinski definition) is 23. The summed E-state index contributed by atoms with van der Waals surface area (Å²) in [4.78, 5) is 0. The average molecular weight is 1360 g/mol. The number of ether oxygens (including phenoxy) is 16.